The van der Waals surface area contributed by atoms with E-state index in [9.17, 15) is 4.79 Å². The zero-order chi connectivity index (χ0) is 14.1. The first-order valence-corrected chi connectivity index (χ1v) is 7.23. The van der Waals surface area contributed by atoms with Crippen molar-refractivity contribution in [1.29, 1.82) is 0 Å². The SMILES string of the molecule is Cc1ccc(NC(=O)c2ccc3ncsc3c2)c(C)c1. The van der Waals surface area contributed by atoms with E-state index in [1.54, 1.807) is 11.6 Å². The molecule has 0 unspecified atom stereocenters. The highest BCUT2D eigenvalue weighted by atomic mass is 32.1. The van der Waals surface area contributed by atoms with Gasteiger partial charge in [0.05, 0.1) is 15.7 Å². The van der Waals surface area contributed by atoms with E-state index in [4.69, 9.17) is 0 Å². The predicted molar refractivity (Wildman–Crippen MR) is 83.5 cm³/mol. The molecule has 3 aromatic rings. The molecule has 0 aliphatic heterocycles. The first-order chi connectivity index (χ1) is 9.63. The number of thiazole rings is 1. The third-order valence-corrected chi connectivity index (χ3v) is 4.02. The average molecular weight is 282 g/mol. The number of aryl methyl sites for hydroxylation is 2. The van der Waals surface area contributed by atoms with Gasteiger partial charge in [0.15, 0.2) is 0 Å². The molecule has 0 atom stereocenters. The van der Waals surface area contributed by atoms with Crippen LogP contribution in [-0.4, -0.2) is 10.9 Å². The Kier molecular flexibility index (Phi) is 3.24. The summed E-state index contributed by atoms with van der Waals surface area (Å²) in [6.45, 7) is 4.03. The lowest BCUT2D eigenvalue weighted by Gasteiger charge is -2.09. The zero-order valence-electron chi connectivity index (χ0n) is 11.3. The Balaban J connectivity index is 1.88. The van der Waals surface area contributed by atoms with E-state index >= 15 is 0 Å². The summed E-state index contributed by atoms with van der Waals surface area (Å²) in [4.78, 5) is 16.5. The summed E-state index contributed by atoms with van der Waals surface area (Å²) in [6, 6.07) is 11.6. The highest BCUT2D eigenvalue weighted by molar-refractivity contribution is 7.16. The van der Waals surface area contributed by atoms with Crippen molar-refractivity contribution < 1.29 is 4.79 Å². The van der Waals surface area contributed by atoms with E-state index in [1.165, 1.54) is 16.9 Å². The van der Waals surface area contributed by atoms with Crippen molar-refractivity contribution in [2.45, 2.75) is 13.8 Å². The maximum Gasteiger partial charge on any atom is 0.255 e. The molecule has 0 radical (unpaired) electrons. The molecule has 3 rings (SSSR count). The van der Waals surface area contributed by atoms with Crippen LogP contribution in [0.2, 0.25) is 0 Å². The maximum atomic E-state index is 12.3. The number of carbonyl (C=O) groups excluding carboxylic acids is 1. The minimum Gasteiger partial charge on any atom is -0.322 e. The number of amides is 1. The number of nitrogens with one attached hydrogen (secondary N) is 1. The van der Waals surface area contributed by atoms with Gasteiger partial charge in [-0.15, -0.1) is 11.3 Å². The molecular formula is C16H14N2OS. The van der Waals surface area contributed by atoms with E-state index in [0.717, 1.165) is 21.5 Å². The molecule has 0 aliphatic carbocycles. The minimum absolute atomic E-state index is 0.0905. The summed E-state index contributed by atoms with van der Waals surface area (Å²) in [5, 5.41) is 2.96. The van der Waals surface area contributed by atoms with Crippen molar-refractivity contribution in [3.63, 3.8) is 0 Å². The normalized spacial score (nSPS) is 10.7. The van der Waals surface area contributed by atoms with E-state index < -0.39 is 0 Å². The molecule has 0 aliphatic rings. The topological polar surface area (TPSA) is 42.0 Å². The molecule has 0 saturated heterocycles. The van der Waals surface area contributed by atoms with Crippen molar-refractivity contribution in [2.24, 2.45) is 0 Å². The van der Waals surface area contributed by atoms with Gasteiger partial charge in [0.2, 0.25) is 0 Å². The smallest absolute Gasteiger partial charge is 0.255 e. The van der Waals surface area contributed by atoms with Gasteiger partial charge in [0.25, 0.3) is 5.91 Å². The highest BCUT2D eigenvalue weighted by Crippen LogP contribution is 2.21. The number of hydrogen-bond acceptors (Lipinski definition) is 3. The lowest BCUT2D eigenvalue weighted by Crippen LogP contribution is -2.12. The molecule has 0 fully saturated rings. The fourth-order valence-electron chi connectivity index (χ4n) is 2.14. The van der Waals surface area contributed by atoms with Gasteiger partial charge in [-0.2, -0.15) is 0 Å². The Morgan fingerprint density at radius 2 is 2.00 bits per heavy atom. The number of hydrogen-bond donors (Lipinski definition) is 1. The average Bonchev–Trinajstić information content (AvgIpc) is 2.89. The van der Waals surface area contributed by atoms with Crippen molar-refractivity contribution >= 4 is 33.1 Å². The van der Waals surface area contributed by atoms with E-state index in [0.29, 0.717) is 5.56 Å². The van der Waals surface area contributed by atoms with Crippen molar-refractivity contribution in [3.05, 3.63) is 58.6 Å². The van der Waals surface area contributed by atoms with Crippen molar-refractivity contribution in [1.82, 2.24) is 4.98 Å². The van der Waals surface area contributed by atoms with Crippen LogP contribution in [0.5, 0.6) is 0 Å². The van der Waals surface area contributed by atoms with Crippen LogP contribution in [0.25, 0.3) is 10.2 Å². The molecular weight excluding hydrogens is 268 g/mol. The van der Waals surface area contributed by atoms with Gasteiger partial charge in [0, 0.05) is 11.3 Å². The van der Waals surface area contributed by atoms with Crippen molar-refractivity contribution in [2.75, 3.05) is 5.32 Å². The highest BCUT2D eigenvalue weighted by Gasteiger charge is 2.09. The fraction of sp³-hybridized carbons (Fsp3) is 0.125. The van der Waals surface area contributed by atoms with Gasteiger partial charge >= 0.3 is 0 Å². The summed E-state index contributed by atoms with van der Waals surface area (Å²) in [7, 11) is 0. The molecule has 20 heavy (non-hydrogen) atoms. The van der Waals surface area contributed by atoms with Crippen LogP contribution in [0.1, 0.15) is 21.5 Å². The maximum absolute atomic E-state index is 12.3. The third-order valence-electron chi connectivity index (χ3n) is 3.22. The Bertz CT molecular complexity index is 792. The second-order valence-corrected chi connectivity index (χ2v) is 5.69. The molecule has 1 heterocycles. The molecule has 3 nitrogen and oxygen atoms in total. The third kappa shape index (κ3) is 2.42. The lowest BCUT2D eigenvalue weighted by molar-refractivity contribution is 0.102. The predicted octanol–water partition coefficient (Wildman–Crippen LogP) is 4.17. The Morgan fingerprint density at radius 3 is 2.80 bits per heavy atom. The Hall–Kier alpha value is -2.20. The second kappa shape index (κ2) is 5.06. The molecule has 0 spiro atoms. The quantitative estimate of drug-likeness (QED) is 0.766. The molecule has 1 N–H and O–H groups in total. The van der Waals surface area contributed by atoms with E-state index in [2.05, 4.69) is 16.4 Å². The van der Waals surface area contributed by atoms with Gasteiger partial charge < -0.3 is 5.32 Å². The summed E-state index contributed by atoms with van der Waals surface area (Å²) in [6.07, 6.45) is 0. The number of nitrogens with zero attached hydrogens (tertiary/aromatic N) is 1. The van der Waals surface area contributed by atoms with Crippen LogP contribution in [0.15, 0.2) is 41.9 Å². The van der Waals surface area contributed by atoms with Crippen LogP contribution in [-0.2, 0) is 0 Å². The van der Waals surface area contributed by atoms with E-state index in [-0.39, 0.29) is 5.91 Å². The standard InChI is InChI=1S/C16H14N2OS/c1-10-3-5-13(11(2)7-10)18-16(19)12-4-6-14-15(8-12)20-9-17-14/h3-9H,1-2H3,(H,18,19). The summed E-state index contributed by atoms with van der Waals surface area (Å²) >= 11 is 1.54. The first kappa shape index (κ1) is 12.8. The molecule has 1 amide bonds. The molecule has 0 saturated carbocycles. The molecule has 100 valence electrons. The van der Waals surface area contributed by atoms with Crippen LogP contribution < -0.4 is 5.32 Å². The van der Waals surface area contributed by atoms with Gasteiger partial charge in [-0.05, 0) is 43.7 Å². The number of anilines is 1. The largest absolute Gasteiger partial charge is 0.322 e. The molecule has 2 aromatic carbocycles. The Labute approximate surface area is 121 Å². The number of carbonyl (C=O) groups is 1. The van der Waals surface area contributed by atoms with E-state index in [1.807, 2.05) is 38.1 Å². The lowest BCUT2D eigenvalue weighted by atomic mass is 10.1. The number of benzene rings is 2. The molecule has 4 heteroatoms. The van der Waals surface area contributed by atoms with Gasteiger partial charge in [-0.1, -0.05) is 17.7 Å². The first-order valence-electron chi connectivity index (χ1n) is 6.35. The fourth-order valence-corrected chi connectivity index (χ4v) is 2.86. The summed E-state index contributed by atoms with van der Waals surface area (Å²) < 4.78 is 1.03. The minimum atomic E-state index is -0.0905. The van der Waals surface area contributed by atoms with Crippen LogP contribution >= 0.6 is 11.3 Å². The number of fused-ring (bicyclic) bond motifs is 1. The van der Waals surface area contributed by atoms with Crippen molar-refractivity contribution in [3.8, 4) is 0 Å². The second-order valence-electron chi connectivity index (χ2n) is 4.81. The van der Waals surface area contributed by atoms with Gasteiger partial charge in [-0.25, -0.2) is 4.98 Å². The summed E-state index contributed by atoms with van der Waals surface area (Å²) in [5.41, 5.74) is 6.48. The van der Waals surface area contributed by atoms with Gasteiger partial charge in [0.1, 0.15) is 0 Å². The zero-order valence-corrected chi connectivity index (χ0v) is 12.1. The van der Waals surface area contributed by atoms with Crippen LogP contribution in [0.3, 0.4) is 0 Å². The van der Waals surface area contributed by atoms with Crippen LogP contribution in [0, 0.1) is 13.8 Å². The number of rotatable bonds is 2. The molecule has 1 aromatic heterocycles. The van der Waals surface area contributed by atoms with Crippen LogP contribution in [0.4, 0.5) is 5.69 Å². The monoisotopic (exact) mass is 282 g/mol. The van der Waals surface area contributed by atoms with Gasteiger partial charge in [-0.3, -0.25) is 4.79 Å². The molecule has 0 bridgehead atoms. The number of aromatic nitrogens is 1. The summed E-state index contributed by atoms with van der Waals surface area (Å²) in [5.74, 6) is -0.0905. The Morgan fingerprint density at radius 1 is 1.15 bits per heavy atom.